The van der Waals surface area contributed by atoms with E-state index < -0.39 is 36.2 Å². The van der Waals surface area contributed by atoms with Gasteiger partial charge in [-0.15, -0.1) is 0 Å². The molecule has 3 aliphatic rings. The Hall–Kier alpha value is -1.46. The smallest absolute Gasteiger partial charge is 0.275 e. The summed E-state index contributed by atoms with van der Waals surface area (Å²) < 4.78 is 17.0. The van der Waals surface area contributed by atoms with Crippen molar-refractivity contribution in [3.8, 4) is 0 Å². The number of aliphatic hydroxyl groups excluding tert-OH is 1. The van der Waals surface area contributed by atoms with E-state index in [2.05, 4.69) is 15.3 Å². The maximum Gasteiger partial charge on any atom is 0.275 e. The highest BCUT2D eigenvalue weighted by Crippen LogP contribution is 2.37. The highest BCUT2D eigenvalue weighted by Gasteiger charge is 2.55. The fourth-order valence-corrected chi connectivity index (χ4v) is 2.83. The van der Waals surface area contributed by atoms with Gasteiger partial charge < -0.3 is 30.4 Å². The third-order valence-corrected chi connectivity index (χ3v) is 3.67. The van der Waals surface area contributed by atoms with Crippen LogP contribution in [0.4, 0.5) is 0 Å². The van der Waals surface area contributed by atoms with Gasteiger partial charge in [0.2, 0.25) is 5.11 Å². The zero-order valence-corrected chi connectivity index (χ0v) is 12.8. The molecule has 0 aliphatic carbocycles. The Labute approximate surface area is 131 Å². The maximum atomic E-state index is 12.2. The molecule has 22 heavy (non-hydrogen) atoms. The van der Waals surface area contributed by atoms with Crippen molar-refractivity contribution in [3.63, 3.8) is 0 Å². The van der Waals surface area contributed by atoms with E-state index in [4.69, 9.17) is 32.2 Å². The molecule has 0 aromatic rings. The first-order valence-corrected chi connectivity index (χ1v) is 7.11. The van der Waals surface area contributed by atoms with Crippen molar-refractivity contribution in [1.82, 2.24) is 5.32 Å². The quantitative estimate of drug-likeness (QED) is 0.534. The fourth-order valence-electron chi connectivity index (χ4n) is 2.64. The number of thiocarbonyl (C=S) groups is 1. The zero-order chi connectivity index (χ0) is 16.1. The van der Waals surface area contributed by atoms with Crippen LogP contribution >= 0.6 is 12.2 Å². The summed E-state index contributed by atoms with van der Waals surface area (Å²) in [6, 6.07) is 0. The summed E-state index contributed by atoms with van der Waals surface area (Å²) in [7, 11) is 0. The van der Waals surface area contributed by atoms with Crippen LogP contribution in [0.2, 0.25) is 0 Å². The standard InChI is InChI=1S/C12H16N4O5S/c1-12(2)20-6-4(3-17)19-10(7(6)21-12)16-9(18)5-8(13)15-11(22)14-5/h4,6-7,10,17H,3H2,1-2H3,(H,16,18)(H2,13,15,22)/t4-,6-,7-,10-/m1/s1. The van der Waals surface area contributed by atoms with Gasteiger partial charge in [-0.05, 0) is 26.1 Å². The molecule has 3 heterocycles. The van der Waals surface area contributed by atoms with E-state index in [1.165, 1.54) is 0 Å². The number of carbonyl (C=O) groups is 1. The van der Waals surface area contributed by atoms with E-state index in [9.17, 15) is 9.90 Å². The number of aliphatic imine (C=N–C) groups is 2. The summed E-state index contributed by atoms with van der Waals surface area (Å²) in [6.07, 6.45) is -2.39. The van der Waals surface area contributed by atoms with Crippen LogP contribution in [0.3, 0.4) is 0 Å². The molecule has 0 bridgehead atoms. The van der Waals surface area contributed by atoms with Crippen molar-refractivity contribution in [2.75, 3.05) is 6.61 Å². The zero-order valence-electron chi connectivity index (χ0n) is 12.0. The topological polar surface area (TPSA) is 128 Å². The summed E-state index contributed by atoms with van der Waals surface area (Å²) in [6.45, 7) is 3.26. The third kappa shape index (κ3) is 2.63. The number of nitrogens with two attached hydrogens (primary N) is 1. The Bertz CT molecular complexity index is 590. The summed E-state index contributed by atoms with van der Waals surface area (Å²) in [5.74, 6) is -1.43. The number of nitrogens with one attached hydrogen (secondary N) is 1. The van der Waals surface area contributed by atoms with Crippen molar-refractivity contribution in [3.05, 3.63) is 0 Å². The van der Waals surface area contributed by atoms with Crippen LogP contribution in [0, 0.1) is 0 Å². The summed E-state index contributed by atoms with van der Waals surface area (Å²) in [4.78, 5) is 19.7. The number of fused-ring (bicyclic) bond motifs is 1. The second-order valence-corrected chi connectivity index (χ2v) is 5.92. The van der Waals surface area contributed by atoms with Gasteiger partial charge in [0.1, 0.15) is 18.3 Å². The van der Waals surface area contributed by atoms with Crippen LogP contribution in [-0.2, 0) is 19.0 Å². The van der Waals surface area contributed by atoms with Gasteiger partial charge in [-0.3, -0.25) is 4.79 Å². The summed E-state index contributed by atoms with van der Waals surface area (Å²) >= 11 is 4.77. The fraction of sp³-hybridized carbons (Fsp3) is 0.667. The molecular formula is C12H16N4O5S. The molecule has 3 aliphatic heterocycles. The Morgan fingerprint density at radius 3 is 2.68 bits per heavy atom. The van der Waals surface area contributed by atoms with Gasteiger partial charge in [0.05, 0.1) is 6.61 Å². The molecule has 1 amide bonds. The molecule has 0 saturated carbocycles. The minimum Gasteiger partial charge on any atom is -0.394 e. The van der Waals surface area contributed by atoms with E-state index in [0.29, 0.717) is 0 Å². The van der Waals surface area contributed by atoms with Crippen LogP contribution in [0.1, 0.15) is 13.8 Å². The molecule has 3 rings (SSSR count). The monoisotopic (exact) mass is 328 g/mol. The molecule has 0 aromatic heterocycles. The Kier molecular flexibility index (Phi) is 3.73. The van der Waals surface area contributed by atoms with Crippen LogP contribution in [0.5, 0.6) is 0 Å². The Balaban J connectivity index is 1.73. The number of carbonyl (C=O) groups excluding carboxylic acids is 1. The molecule has 0 radical (unpaired) electrons. The van der Waals surface area contributed by atoms with Gasteiger partial charge in [-0.1, -0.05) is 0 Å². The largest absolute Gasteiger partial charge is 0.394 e. The molecule has 0 aromatic carbocycles. The molecule has 10 heteroatoms. The van der Waals surface area contributed by atoms with Crippen molar-refractivity contribution < 1.29 is 24.1 Å². The number of amidine groups is 1. The first kappa shape index (κ1) is 15.4. The van der Waals surface area contributed by atoms with E-state index in [0.717, 1.165) is 0 Å². The lowest BCUT2D eigenvalue weighted by Crippen LogP contribution is -2.48. The Morgan fingerprint density at radius 2 is 2.09 bits per heavy atom. The number of nitrogens with zero attached hydrogens (tertiary/aromatic N) is 2. The van der Waals surface area contributed by atoms with E-state index in [-0.39, 0.29) is 23.3 Å². The molecule has 4 atom stereocenters. The number of rotatable bonds is 3. The highest BCUT2D eigenvalue weighted by molar-refractivity contribution is 7.80. The lowest BCUT2D eigenvalue weighted by molar-refractivity contribution is -0.193. The second kappa shape index (κ2) is 5.32. The average molecular weight is 328 g/mol. The first-order valence-electron chi connectivity index (χ1n) is 6.71. The van der Waals surface area contributed by atoms with E-state index in [1.807, 2.05) is 0 Å². The third-order valence-electron chi connectivity index (χ3n) is 3.48. The van der Waals surface area contributed by atoms with Crippen LogP contribution in [0.25, 0.3) is 0 Å². The average Bonchev–Trinajstić information content (AvgIpc) is 3.01. The predicted molar refractivity (Wildman–Crippen MR) is 79.4 cm³/mol. The minimum absolute atomic E-state index is 0.00249. The van der Waals surface area contributed by atoms with Crippen molar-refractivity contribution >= 4 is 34.8 Å². The molecule has 0 unspecified atom stereocenters. The SMILES string of the molecule is CC1(C)O[C@@H]2[C@H](O1)[C@@H](CO)O[C@H]2NC(=O)C1=NC(=S)N=C1N. The normalized spacial score (nSPS) is 36.0. The van der Waals surface area contributed by atoms with Gasteiger partial charge in [0.25, 0.3) is 5.91 Å². The van der Waals surface area contributed by atoms with E-state index >= 15 is 0 Å². The number of amides is 1. The first-order chi connectivity index (χ1) is 10.3. The highest BCUT2D eigenvalue weighted by atomic mass is 32.1. The van der Waals surface area contributed by atoms with Gasteiger partial charge >= 0.3 is 0 Å². The van der Waals surface area contributed by atoms with E-state index in [1.54, 1.807) is 13.8 Å². The summed E-state index contributed by atoms with van der Waals surface area (Å²) in [5, 5.41) is 12.0. The van der Waals surface area contributed by atoms with Crippen molar-refractivity contribution in [2.45, 2.75) is 44.2 Å². The minimum atomic E-state index is -0.817. The second-order valence-electron chi connectivity index (χ2n) is 5.56. The Morgan fingerprint density at radius 1 is 1.41 bits per heavy atom. The lowest BCUT2D eigenvalue weighted by Gasteiger charge is -2.23. The number of aliphatic hydroxyl groups is 1. The molecule has 0 spiro atoms. The molecular weight excluding hydrogens is 312 g/mol. The maximum absolute atomic E-state index is 12.2. The number of hydrogen-bond acceptors (Lipinski definition) is 7. The van der Waals surface area contributed by atoms with Crippen molar-refractivity contribution in [1.29, 1.82) is 0 Å². The molecule has 4 N–H and O–H groups in total. The van der Waals surface area contributed by atoms with Gasteiger partial charge in [-0.25, -0.2) is 4.99 Å². The molecule has 9 nitrogen and oxygen atoms in total. The van der Waals surface area contributed by atoms with Crippen molar-refractivity contribution in [2.24, 2.45) is 15.7 Å². The van der Waals surface area contributed by atoms with Crippen LogP contribution in [-0.4, -0.2) is 64.6 Å². The number of hydrogen-bond donors (Lipinski definition) is 3. The van der Waals surface area contributed by atoms with Gasteiger partial charge in [0.15, 0.2) is 23.6 Å². The summed E-state index contributed by atoms with van der Waals surface area (Å²) in [5.41, 5.74) is 5.52. The lowest BCUT2D eigenvalue weighted by atomic mass is 10.1. The van der Waals surface area contributed by atoms with Gasteiger partial charge in [0, 0.05) is 0 Å². The molecule has 2 saturated heterocycles. The predicted octanol–water partition coefficient (Wildman–Crippen LogP) is -1.56. The number of ether oxygens (including phenoxy) is 3. The van der Waals surface area contributed by atoms with Crippen LogP contribution < -0.4 is 11.1 Å². The van der Waals surface area contributed by atoms with Crippen LogP contribution in [0.15, 0.2) is 9.98 Å². The van der Waals surface area contributed by atoms with Gasteiger partial charge in [-0.2, -0.15) is 4.99 Å². The molecule has 2 fully saturated rings. The molecule has 120 valence electrons.